The van der Waals surface area contributed by atoms with Crippen molar-refractivity contribution < 1.29 is 27.4 Å². The molecule has 2 heterocycles. The molecule has 0 bridgehead atoms. The van der Waals surface area contributed by atoms with Gasteiger partial charge in [-0.2, -0.15) is 13.2 Å². The lowest BCUT2D eigenvalue weighted by atomic mass is 10.0. The summed E-state index contributed by atoms with van der Waals surface area (Å²) in [4.78, 5) is 8.30. The Hall–Kier alpha value is -2.07. The number of hydrogen-bond donors (Lipinski definition) is 2. The molecule has 0 radical (unpaired) electrons. The summed E-state index contributed by atoms with van der Waals surface area (Å²) in [6.45, 7) is 5.09. The first-order valence-electron chi connectivity index (χ1n) is 10.3. The van der Waals surface area contributed by atoms with Gasteiger partial charge in [-0.05, 0) is 38.2 Å². The molecule has 1 aromatic rings. The molecule has 7 nitrogen and oxygen atoms in total. The van der Waals surface area contributed by atoms with Crippen LogP contribution < -0.4 is 15.4 Å². The lowest BCUT2D eigenvalue weighted by molar-refractivity contribution is -0.154. The maximum atomic E-state index is 12.4. The van der Waals surface area contributed by atoms with Gasteiger partial charge in [0.1, 0.15) is 0 Å². The second-order valence-electron chi connectivity index (χ2n) is 6.98. The first-order chi connectivity index (χ1) is 14.5. The number of nitrogens with one attached hydrogen (secondary N) is 2. The van der Waals surface area contributed by atoms with Gasteiger partial charge in [0.2, 0.25) is 5.88 Å². The molecule has 0 spiro atoms. The zero-order valence-corrected chi connectivity index (χ0v) is 17.3. The van der Waals surface area contributed by atoms with Crippen molar-refractivity contribution in [3.63, 3.8) is 0 Å². The van der Waals surface area contributed by atoms with Crippen LogP contribution in [0.4, 0.5) is 13.2 Å². The molecule has 170 valence electrons. The van der Waals surface area contributed by atoms with Crippen LogP contribution in [0.25, 0.3) is 0 Å². The third-order valence-corrected chi connectivity index (χ3v) is 4.43. The van der Waals surface area contributed by atoms with Crippen molar-refractivity contribution in [1.82, 2.24) is 15.6 Å². The van der Waals surface area contributed by atoms with E-state index in [0.717, 1.165) is 39.1 Å². The highest BCUT2D eigenvalue weighted by atomic mass is 19.4. The largest absolute Gasteiger partial charge is 0.468 e. The molecular weight excluding hydrogens is 401 g/mol. The fraction of sp³-hybridized carbons (Fsp3) is 0.700. The highest BCUT2D eigenvalue weighted by Crippen LogP contribution is 2.20. The summed E-state index contributed by atoms with van der Waals surface area (Å²) < 4.78 is 53.1. The molecule has 0 aromatic carbocycles. The number of hydrogen-bond acceptors (Lipinski definition) is 5. The molecule has 1 aliphatic heterocycles. The van der Waals surface area contributed by atoms with Crippen molar-refractivity contribution in [2.45, 2.75) is 38.9 Å². The molecule has 0 amide bonds. The van der Waals surface area contributed by atoms with E-state index in [1.54, 1.807) is 12.1 Å². The molecule has 0 aliphatic carbocycles. The van der Waals surface area contributed by atoms with Crippen molar-refractivity contribution in [2.75, 3.05) is 46.1 Å². The average molecular weight is 432 g/mol. The number of aromatic nitrogens is 1. The van der Waals surface area contributed by atoms with E-state index in [9.17, 15) is 13.2 Å². The van der Waals surface area contributed by atoms with Crippen LogP contribution in [0.2, 0.25) is 0 Å². The van der Waals surface area contributed by atoms with Gasteiger partial charge in [0, 0.05) is 51.3 Å². The molecule has 1 fully saturated rings. The van der Waals surface area contributed by atoms with Crippen molar-refractivity contribution in [3.8, 4) is 5.88 Å². The minimum atomic E-state index is -4.42. The van der Waals surface area contributed by atoms with Gasteiger partial charge in [-0.3, -0.25) is 0 Å². The zero-order valence-electron chi connectivity index (χ0n) is 17.3. The lowest BCUT2D eigenvalue weighted by Gasteiger charge is -2.21. The van der Waals surface area contributed by atoms with E-state index in [1.165, 1.54) is 6.20 Å². The van der Waals surface area contributed by atoms with E-state index in [1.807, 2.05) is 6.92 Å². The average Bonchev–Trinajstić information content (AvgIpc) is 2.73. The molecule has 0 atom stereocenters. The molecule has 2 rings (SSSR count). The van der Waals surface area contributed by atoms with Gasteiger partial charge in [-0.25, -0.2) is 9.98 Å². The van der Waals surface area contributed by atoms with Gasteiger partial charge in [0.15, 0.2) is 12.6 Å². The van der Waals surface area contributed by atoms with Gasteiger partial charge >= 0.3 is 6.18 Å². The Morgan fingerprint density at radius 1 is 1.30 bits per heavy atom. The molecule has 1 saturated heterocycles. The Balaban J connectivity index is 1.74. The number of pyridine rings is 1. The van der Waals surface area contributed by atoms with Crippen LogP contribution in [0.5, 0.6) is 5.88 Å². The number of alkyl halides is 3. The molecular formula is C20H31F3N4O3. The minimum absolute atomic E-state index is 0.0593. The maximum Gasteiger partial charge on any atom is 0.422 e. The Kier molecular flexibility index (Phi) is 10.7. The fourth-order valence-electron chi connectivity index (χ4n) is 2.87. The fourth-order valence-corrected chi connectivity index (χ4v) is 2.87. The zero-order chi connectivity index (χ0) is 21.7. The van der Waals surface area contributed by atoms with Crippen molar-refractivity contribution in [1.29, 1.82) is 0 Å². The smallest absolute Gasteiger partial charge is 0.422 e. The summed E-state index contributed by atoms with van der Waals surface area (Å²) in [5, 5.41) is 6.32. The van der Waals surface area contributed by atoms with E-state index >= 15 is 0 Å². The molecule has 1 aromatic heterocycles. The quantitative estimate of drug-likeness (QED) is 0.318. The normalized spacial score (nSPS) is 15.8. The summed E-state index contributed by atoms with van der Waals surface area (Å²) in [6, 6.07) is 3.29. The molecule has 1 aliphatic rings. The number of halogens is 3. The van der Waals surface area contributed by atoms with Gasteiger partial charge < -0.3 is 24.8 Å². The van der Waals surface area contributed by atoms with E-state index in [0.29, 0.717) is 37.1 Å². The number of aliphatic imine (C=N–C) groups is 1. The first kappa shape index (κ1) is 24.2. The Morgan fingerprint density at radius 3 is 2.83 bits per heavy atom. The second kappa shape index (κ2) is 13.3. The van der Waals surface area contributed by atoms with Gasteiger partial charge in [-0.1, -0.05) is 6.07 Å². The molecule has 30 heavy (non-hydrogen) atoms. The first-order valence-corrected chi connectivity index (χ1v) is 10.3. The van der Waals surface area contributed by atoms with E-state index < -0.39 is 12.8 Å². The molecule has 0 saturated carbocycles. The van der Waals surface area contributed by atoms with E-state index in [-0.39, 0.29) is 12.4 Å². The molecule has 10 heteroatoms. The predicted octanol–water partition coefficient (Wildman–Crippen LogP) is 2.91. The minimum Gasteiger partial charge on any atom is -0.468 e. The van der Waals surface area contributed by atoms with Crippen LogP contribution in [-0.4, -0.2) is 63.2 Å². The van der Waals surface area contributed by atoms with Crippen LogP contribution >= 0.6 is 0 Å². The summed E-state index contributed by atoms with van der Waals surface area (Å²) in [7, 11) is 0. The second-order valence-corrected chi connectivity index (χ2v) is 6.98. The van der Waals surface area contributed by atoms with Crippen molar-refractivity contribution in [2.24, 2.45) is 10.9 Å². The monoisotopic (exact) mass is 432 g/mol. The van der Waals surface area contributed by atoms with Gasteiger partial charge in [0.05, 0.1) is 6.54 Å². The van der Waals surface area contributed by atoms with Crippen molar-refractivity contribution in [3.05, 3.63) is 23.9 Å². The number of guanidine groups is 1. The van der Waals surface area contributed by atoms with Crippen molar-refractivity contribution >= 4 is 5.96 Å². The number of ether oxygens (including phenoxy) is 3. The third kappa shape index (κ3) is 10.1. The SMILES string of the molecule is CCNC(=NCc1cccnc1OCC(F)(F)F)NCCCOCC1CCOCC1. The maximum absolute atomic E-state index is 12.4. The standard InChI is InChI=1S/C20H31F3N4O3/c1-2-24-19(26-9-4-10-29-14-16-6-11-28-12-7-16)27-13-17-5-3-8-25-18(17)30-15-20(21,22)23/h3,5,8,16H,2,4,6-7,9-15H2,1H3,(H2,24,26,27). The lowest BCUT2D eigenvalue weighted by Crippen LogP contribution is -2.38. The molecule has 0 unspecified atom stereocenters. The van der Waals surface area contributed by atoms with E-state index in [4.69, 9.17) is 14.2 Å². The van der Waals surface area contributed by atoms with Crippen LogP contribution in [0, 0.1) is 5.92 Å². The Bertz CT molecular complexity index is 638. The predicted molar refractivity (Wildman–Crippen MR) is 108 cm³/mol. The molecule has 2 N–H and O–H groups in total. The summed E-state index contributed by atoms with van der Waals surface area (Å²) >= 11 is 0. The number of nitrogens with zero attached hydrogens (tertiary/aromatic N) is 2. The number of rotatable bonds is 11. The topological polar surface area (TPSA) is 77.0 Å². The summed E-state index contributed by atoms with van der Waals surface area (Å²) in [6.07, 6.45) is -0.0957. The highest BCUT2D eigenvalue weighted by Gasteiger charge is 2.29. The highest BCUT2D eigenvalue weighted by molar-refractivity contribution is 5.79. The van der Waals surface area contributed by atoms with Crippen LogP contribution in [0.1, 0.15) is 31.7 Å². The Morgan fingerprint density at radius 2 is 2.10 bits per heavy atom. The summed E-state index contributed by atoms with van der Waals surface area (Å²) in [5.41, 5.74) is 0.485. The van der Waals surface area contributed by atoms with Crippen LogP contribution in [-0.2, 0) is 16.0 Å². The third-order valence-electron chi connectivity index (χ3n) is 4.43. The van der Waals surface area contributed by atoms with Gasteiger partial charge in [-0.15, -0.1) is 0 Å². The van der Waals surface area contributed by atoms with Crippen LogP contribution in [0.15, 0.2) is 23.3 Å². The van der Waals surface area contributed by atoms with Gasteiger partial charge in [0.25, 0.3) is 0 Å². The van der Waals surface area contributed by atoms with E-state index in [2.05, 4.69) is 20.6 Å². The van der Waals surface area contributed by atoms with Crippen LogP contribution in [0.3, 0.4) is 0 Å². The Labute approximate surface area is 175 Å². The summed E-state index contributed by atoms with van der Waals surface area (Å²) in [5.74, 6) is 1.10.